The number of hydrazine groups is 1. The molecular weight excluding hydrogens is 364 g/mol. The molecule has 2 rings (SSSR count). The smallest absolute Gasteiger partial charge is 0.269 e. The van der Waals surface area contributed by atoms with Crippen LogP contribution in [0.15, 0.2) is 42.5 Å². The third kappa shape index (κ3) is 5.16. The first-order valence-electron chi connectivity index (χ1n) is 8.24. The van der Waals surface area contributed by atoms with Crippen LogP contribution in [0.5, 0.6) is 23.0 Å². The van der Waals surface area contributed by atoms with E-state index in [1.165, 1.54) is 39.5 Å². The highest BCUT2D eigenvalue weighted by molar-refractivity contribution is 5.98. The van der Waals surface area contributed by atoms with Gasteiger partial charge in [0.2, 0.25) is 5.75 Å². The lowest BCUT2D eigenvalue weighted by Crippen LogP contribution is -2.40. The summed E-state index contributed by atoms with van der Waals surface area (Å²) in [4.78, 5) is 24.2. The predicted molar refractivity (Wildman–Crippen MR) is 104 cm³/mol. The van der Waals surface area contributed by atoms with Crippen LogP contribution < -0.4 is 29.8 Å². The summed E-state index contributed by atoms with van der Waals surface area (Å²) in [6, 6.07) is 10.1. The standard InChI is InChI=1S/C20H22N2O6/c1-25-15-8-5-13(6-9-15)7-10-18(23)21-22-20(24)14-11-16(26-2)19(28-4)17(12-14)27-3/h5-12H,1-4H3,(H,21,23)(H,22,24). The van der Waals surface area contributed by atoms with Crippen molar-refractivity contribution in [1.82, 2.24) is 10.9 Å². The molecule has 2 aromatic carbocycles. The summed E-state index contributed by atoms with van der Waals surface area (Å²) in [5.41, 5.74) is 5.69. The first-order valence-corrected chi connectivity index (χ1v) is 8.24. The number of benzene rings is 2. The number of rotatable bonds is 7. The third-order valence-electron chi connectivity index (χ3n) is 3.77. The average Bonchev–Trinajstić information content (AvgIpc) is 2.74. The largest absolute Gasteiger partial charge is 0.497 e. The first-order chi connectivity index (χ1) is 13.5. The molecule has 148 valence electrons. The van der Waals surface area contributed by atoms with E-state index in [9.17, 15) is 9.59 Å². The minimum Gasteiger partial charge on any atom is -0.497 e. The Morgan fingerprint density at radius 2 is 1.43 bits per heavy atom. The molecule has 0 aromatic heterocycles. The summed E-state index contributed by atoms with van der Waals surface area (Å²) >= 11 is 0. The number of hydrogen-bond acceptors (Lipinski definition) is 6. The Morgan fingerprint density at radius 3 is 1.93 bits per heavy atom. The number of nitrogens with one attached hydrogen (secondary N) is 2. The molecule has 2 N–H and O–H groups in total. The minimum atomic E-state index is -0.537. The SMILES string of the molecule is COc1ccc(C=CC(=O)NNC(=O)c2cc(OC)c(OC)c(OC)c2)cc1. The number of amides is 2. The van der Waals surface area contributed by atoms with Gasteiger partial charge in [-0.25, -0.2) is 0 Å². The van der Waals surface area contributed by atoms with Gasteiger partial charge < -0.3 is 18.9 Å². The highest BCUT2D eigenvalue weighted by Crippen LogP contribution is 2.38. The lowest BCUT2D eigenvalue weighted by molar-refractivity contribution is -0.117. The van der Waals surface area contributed by atoms with E-state index in [-0.39, 0.29) is 5.56 Å². The van der Waals surface area contributed by atoms with E-state index in [4.69, 9.17) is 18.9 Å². The number of carbonyl (C=O) groups is 2. The van der Waals surface area contributed by atoms with Gasteiger partial charge in [0.15, 0.2) is 11.5 Å². The van der Waals surface area contributed by atoms with E-state index in [0.29, 0.717) is 17.2 Å². The highest BCUT2D eigenvalue weighted by atomic mass is 16.5. The first kappa shape index (κ1) is 20.6. The predicted octanol–water partition coefficient (Wildman–Crippen LogP) is 2.20. The van der Waals surface area contributed by atoms with E-state index in [1.54, 1.807) is 37.5 Å². The number of carbonyl (C=O) groups excluding carboxylic acids is 2. The van der Waals surface area contributed by atoms with Gasteiger partial charge >= 0.3 is 0 Å². The molecule has 0 saturated heterocycles. The van der Waals surface area contributed by atoms with Gasteiger partial charge in [-0.2, -0.15) is 0 Å². The van der Waals surface area contributed by atoms with Gasteiger partial charge in [-0.05, 0) is 35.9 Å². The highest BCUT2D eigenvalue weighted by Gasteiger charge is 2.17. The zero-order valence-electron chi connectivity index (χ0n) is 16.1. The molecule has 2 aromatic rings. The van der Waals surface area contributed by atoms with E-state index < -0.39 is 11.8 Å². The molecular formula is C20H22N2O6. The molecule has 0 heterocycles. The Balaban J connectivity index is 2.00. The van der Waals surface area contributed by atoms with Crippen LogP contribution in [0.3, 0.4) is 0 Å². The van der Waals surface area contributed by atoms with Gasteiger partial charge in [0.25, 0.3) is 11.8 Å². The van der Waals surface area contributed by atoms with Gasteiger partial charge in [0, 0.05) is 11.6 Å². The topological polar surface area (TPSA) is 95.1 Å². The van der Waals surface area contributed by atoms with Crippen molar-refractivity contribution in [1.29, 1.82) is 0 Å². The molecule has 0 aliphatic heterocycles. The third-order valence-corrected chi connectivity index (χ3v) is 3.77. The molecule has 0 unspecified atom stereocenters. The van der Waals surface area contributed by atoms with Crippen molar-refractivity contribution in [3.8, 4) is 23.0 Å². The van der Waals surface area contributed by atoms with Crippen molar-refractivity contribution in [2.75, 3.05) is 28.4 Å². The lowest BCUT2D eigenvalue weighted by atomic mass is 10.1. The van der Waals surface area contributed by atoms with Crippen LogP contribution in [0.4, 0.5) is 0 Å². The second-order valence-corrected chi connectivity index (χ2v) is 5.46. The van der Waals surface area contributed by atoms with Crippen molar-refractivity contribution in [3.05, 3.63) is 53.6 Å². The van der Waals surface area contributed by atoms with Crippen molar-refractivity contribution >= 4 is 17.9 Å². The van der Waals surface area contributed by atoms with Crippen LogP contribution >= 0.6 is 0 Å². The Hall–Kier alpha value is -3.68. The number of methoxy groups -OCH3 is 4. The van der Waals surface area contributed by atoms with E-state index >= 15 is 0 Å². The Kier molecular flexibility index (Phi) is 7.27. The van der Waals surface area contributed by atoms with Gasteiger partial charge in [-0.3, -0.25) is 20.4 Å². The van der Waals surface area contributed by atoms with Crippen LogP contribution in [-0.4, -0.2) is 40.3 Å². The Morgan fingerprint density at radius 1 is 0.821 bits per heavy atom. The molecule has 28 heavy (non-hydrogen) atoms. The second kappa shape index (κ2) is 9.86. The quantitative estimate of drug-likeness (QED) is 0.560. The maximum atomic E-state index is 12.3. The molecule has 2 amide bonds. The molecule has 0 atom stereocenters. The summed E-state index contributed by atoms with van der Waals surface area (Å²) < 4.78 is 20.7. The molecule has 0 spiro atoms. The van der Waals surface area contributed by atoms with Crippen molar-refractivity contribution in [3.63, 3.8) is 0 Å². The van der Waals surface area contributed by atoms with E-state index in [2.05, 4.69) is 10.9 Å². The fourth-order valence-corrected chi connectivity index (χ4v) is 2.33. The van der Waals surface area contributed by atoms with Crippen LogP contribution in [-0.2, 0) is 4.79 Å². The monoisotopic (exact) mass is 386 g/mol. The summed E-state index contributed by atoms with van der Waals surface area (Å²) in [7, 11) is 5.94. The molecule has 0 aliphatic carbocycles. The molecule has 8 heteroatoms. The van der Waals surface area contributed by atoms with E-state index in [1.807, 2.05) is 0 Å². The molecule has 0 fully saturated rings. The van der Waals surface area contributed by atoms with Gasteiger partial charge in [-0.15, -0.1) is 0 Å². The summed E-state index contributed by atoms with van der Waals surface area (Å²) in [5, 5.41) is 0. The maximum absolute atomic E-state index is 12.3. The molecule has 0 radical (unpaired) electrons. The van der Waals surface area contributed by atoms with Gasteiger partial charge in [0.05, 0.1) is 28.4 Å². The molecule has 0 bridgehead atoms. The van der Waals surface area contributed by atoms with Crippen LogP contribution in [0, 0.1) is 0 Å². The molecule has 8 nitrogen and oxygen atoms in total. The minimum absolute atomic E-state index is 0.230. The Bertz CT molecular complexity index is 836. The summed E-state index contributed by atoms with van der Waals surface area (Å²) in [5.74, 6) is 0.727. The van der Waals surface area contributed by atoms with E-state index in [0.717, 1.165) is 11.3 Å². The van der Waals surface area contributed by atoms with Gasteiger partial charge in [-0.1, -0.05) is 12.1 Å². The van der Waals surface area contributed by atoms with Gasteiger partial charge in [0.1, 0.15) is 5.75 Å². The number of hydrogen-bond donors (Lipinski definition) is 2. The fourth-order valence-electron chi connectivity index (χ4n) is 2.33. The Labute approximate surface area is 163 Å². The normalized spacial score (nSPS) is 10.3. The maximum Gasteiger partial charge on any atom is 0.269 e. The summed E-state index contributed by atoms with van der Waals surface area (Å²) in [6.07, 6.45) is 2.91. The van der Waals surface area contributed by atoms with Crippen LogP contribution in [0.1, 0.15) is 15.9 Å². The number of ether oxygens (including phenoxy) is 4. The second-order valence-electron chi connectivity index (χ2n) is 5.46. The average molecular weight is 386 g/mol. The van der Waals surface area contributed by atoms with Crippen molar-refractivity contribution < 1.29 is 28.5 Å². The molecule has 0 saturated carbocycles. The molecule has 0 aliphatic rings. The van der Waals surface area contributed by atoms with Crippen LogP contribution in [0.2, 0.25) is 0 Å². The lowest BCUT2D eigenvalue weighted by Gasteiger charge is -2.14. The summed E-state index contributed by atoms with van der Waals surface area (Å²) in [6.45, 7) is 0. The zero-order valence-corrected chi connectivity index (χ0v) is 16.1. The fraction of sp³-hybridized carbons (Fsp3) is 0.200. The van der Waals surface area contributed by atoms with Crippen molar-refractivity contribution in [2.45, 2.75) is 0 Å². The van der Waals surface area contributed by atoms with Crippen molar-refractivity contribution in [2.24, 2.45) is 0 Å². The zero-order chi connectivity index (χ0) is 20.5. The van der Waals surface area contributed by atoms with Crippen LogP contribution in [0.25, 0.3) is 6.08 Å².